The standard InChI is InChI=1S/C38H57N8O8P/c1-2-3-4-5-6-7-8-9-10-11-12-13-14-15-16-17-20-50-25-31(53-36-24-42-30(22-39)23-43-36)26-51-55(48,49)52-27-34-33(47)21-38(28-40,54-34)35-19-18-32-37(41)44-29-45-46(32)35/h18-19,23-24,29,31,33-34,47H,2-17,20-21,25-27H2,1H3,(H,48,49)(H2,41,44,45)/t31-,33+,34-,38+/m1/s1. The molecule has 1 saturated heterocycles. The van der Waals surface area contributed by atoms with Crippen LogP contribution in [-0.2, 0) is 28.7 Å². The number of phosphoric acid groups is 1. The van der Waals surface area contributed by atoms with E-state index in [1.54, 1.807) is 12.1 Å². The van der Waals surface area contributed by atoms with Crippen molar-refractivity contribution >= 4 is 19.2 Å². The van der Waals surface area contributed by atoms with E-state index in [9.17, 15) is 19.8 Å². The van der Waals surface area contributed by atoms with Crippen LogP contribution >= 0.6 is 7.82 Å². The molecule has 0 aromatic carbocycles. The number of phosphoric ester groups is 1. The predicted octanol–water partition coefficient (Wildman–Crippen LogP) is 6.70. The highest BCUT2D eigenvalue weighted by Crippen LogP contribution is 2.46. The Bertz CT molecular complexity index is 1700. The van der Waals surface area contributed by atoms with E-state index in [1.165, 1.54) is 107 Å². The number of nitrogens with zero attached hydrogens (tertiary/aromatic N) is 7. The van der Waals surface area contributed by atoms with E-state index in [2.05, 4.69) is 33.0 Å². The molecule has 0 bridgehead atoms. The molecular weight excluding hydrogens is 727 g/mol. The van der Waals surface area contributed by atoms with Crippen LogP contribution < -0.4 is 10.5 Å². The Morgan fingerprint density at radius 3 is 2.20 bits per heavy atom. The number of rotatable bonds is 28. The number of nitrogen functional groups attached to an aromatic ring is 1. The average Bonchev–Trinajstić information content (AvgIpc) is 3.78. The van der Waals surface area contributed by atoms with Gasteiger partial charge in [-0.25, -0.2) is 24.0 Å². The Labute approximate surface area is 323 Å². The van der Waals surface area contributed by atoms with Gasteiger partial charge in [-0.1, -0.05) is 103 Å². The van der Waals surface area contributed by atoms with Gasteiger partial charge in [0.2, 0.25) is 5.88 Å². The van der Waals surface area contributed by atoms with Crippen LogP contribution in [0.4, 0.5) is 5.82 Å². The highest BCUT2D eigenvalue weighted by atomic mass is 31.2. The third kappa shape index (κ3) is 14.4. The number of ether oxygens (including phenoxy) is 3. The van der Waals surface area contributed by atoms with Gasteiger partial charge < -0.3 is 29.9 Å². The highest BCUT2D eigenvalue weighted by Gasteiger charge is 2.50. The van der Waals surface area contributed by atoms with Gasteiger partial charge in [0.05, 0.1) is 44.0 Å². The molecule has 1 unspecified atom stereocenters. The van der Waals surface area contributed by atoms with Crippen molar-refractivity contribution in [1.29, 1.82) is 10.5 Å². The summed E-state index contributed by atoms with van der Waals surface area (Å²) in [6, 6.07) is 7.21. The molecule has 4 heterocycles. The fourth-order valence-electron chi connectivity index (χ4n) is 6.58. The van der Waals surface area contributed by atoms with Crippen LogP contribution in [0, 0.1) is 22.7 Å². The van der Waals surface area contributed by atoms with Gasteiger partial charge in [0.1, 0.15) is 36.2 Å². The first-order chi connectivity index (χ1) is 26.7. The Balaban J connectivity index is 1.16. The number of anilines is 1. The molecule has 3 aromatic rings. The van der Waals surface area contributed by atoms with E-state index < -0.39 is 44.9 Å². The second-order valence-corrected chi connectivity index (χ2v) is 15.5. The predicted molar refractivity (Wildman–Crippen MR) is 203 cm³/mol. The first kappa shape index (κ1) is 44.0. The van der Waals surface area contributed by atoms with Crippen LogP contribution in [0.25, 0.3) is 5.52 Å². The quantitative estimate of drug-likeness (QED) is 0.0513. The van der Waals surface area contributed by atoms with Crippen LogP contribution in [0.2, 0.25) is 0 Å². The number of nitriles is 2. The number of unbranched alkanes of at least 4 members (excludes halogenated alkanes) is 15. The second kappa shape index (κ2) is 23.4. The zero-order valence-electron chi connectivity index (χ0n) is 32.0. The summed E-state index contributed by atoms with van der Waals surface area (Å²) in [7, 11) is -4.71. The minimum absolute atomic E-state index is 0.0227. The number of hydrogen-bond acceptors (Lipinski definition) is 14. The van der Waals surface area contributed by atoms with Crippen molar-refractivity contribution < 1.29 is 37.8 Å². The van der Waals surface area contributed by atoms with Crippen molar-refractivity contribution in [2.45, 2.75) is 140 Å². The molecule has 5 atom stereocenters. The molecule has 55 heavy (non-hydrogen) atoms. The highest BCUT2D eigenvalue weighted by molar-refractivity contribution is 7.47. The minimum Gasteiger partial charge on any atom is -0.468 e. The lowest BCUT2D eigenvalue weighted by atomic mass is 9.96. The number of aliphatic hydroxyl groups is 1. The summed E-state index contributed by atoms with van der Waals surface area (Å²) < 4.78 is 42.4. The van der Waals surface area contributed by atoms with Crippen molar-refractivity contribution in [1.82, 2.24) is 24.6 Å². The molecule has 0 spiro atoms. The van der Waals surface area contributed by atoms with Crippen molar-refractivity contribution in [3.63, 3.8) is 0 Å². The normalized spacial score (nSPS) is 19.9. The number of hydrogen-bond donors (Lipinski definition) is 3. The SMILES string of the molecule is CCCCCCCCCCCCCCCCCCOC[C@H](COP(=O)(O)OC[C@H]1O[C@@](C#N)(c2ccc3c(N)ncnn23)C[C@@H]1O)Oc1cnc(C#N)cn1. The Hall–Kier alpha value is -3.73. The lowest BCUT2D eigenvalue weighted by Gasteiger charge is -2.23. The maximum absolute atomic E-state index is 12.9. The summed E-state index contributed by atoms with van der Waals surface area (Å²) >= 11 is 0. The minimum atomic E-state index is -4.71. The van der Waals surface area contributed by atoms with Crippen molar-refractivity contribution in [2.75, 3.05) is 32.2 Å². The van der Waals surface area contributed by atoms with Crippen molar-refractivity contribution in [2.24, 2.45) is 0 Å². The molecule has 0 saturated carbocycles. The van der Waals surface area contributed by atoms with Gasteiger partial charge in [0.25, 0.3) is 0 Å². The van der Waals surface area contributed by atoms with Gasteiger partial charge in [0, 0.05) is 13.0 Å². The molecule has 1 aliphatic heterocycles. The van der Waals surface area contributed by atoms with Gasteiger partial charge in [-0.2, -0.15) is 15.6 Å². The van der Waals surface area contributed by atoms with Gasteiger partial charge in [0.15, 0.2) is 17.1 Å². The number of aromatic nitrogens is 5. The summed E-state index contributed by atoms with van der Waals surface area (Å²) in [5.74, 6) is 0.276. The molecule has 3 aromatic heterocycles. The molecule has 0 amide bonds. The Morgan fingerprint density at radius 2 is 1.60 bits per heavy atom. The topological polar surface area (TPSA) is 233 Å². The van der Waals surface area contributed by atoms with Gasteiger partial charge in [-0.15, -0.1) is 0 Å². The van der Waals surface area contributed by atoms with E-state index >= 15 is 0 Å². The van der Waals surface area contributed by atoms with Crippen LogP contribution in [0.1, 0.15) is 127 Å². The lowest BCUT2D eigenvalue weighted by molar-refractivity contribution is -0.0541. The van der Waals surface area contributed by atoms with E-state index in [0.29, 0.717) is 17.8 Å². The van der Waals surface area contributed by atoms with Crippen LogP contribution in [0.15, 0.2) is 30.9 Å². The van der Waals surface area contributed by atoms with Crippen molar-refractivity contribution in [3.8, 4) is 18.0 Å². The molecule has 302 valence electrons. The Morgan fingerprint density at radius 1 is 0.945 bits per heavy atom. The Kier molecular flexibility index (Phi) is 18.7. The molecule has 17 heteroatoms. The van der Waals surface area contributed by atoms with Crippen LogP contribution in [-0.4, -0.2) is 79.3 Å². The molecule has 4 rings (SSSR count). The summed E-state index contributed by atoms with van der Waals surface area (Å²) in [5, 5.41) is 34.1. The fourth-order valence-corrected chi connectivity index (χ4v) is 7.34. The third-order valence-corrected chi connectivity index (χ3v) is 10.6. The first-order valence-corrected chi connectivity index (χ1v) is 21.1. The molecule has 1 aliphatic rings. The van der Waals surface area contributed by atoms with Gasteiger partial charge >= 0.3 is 7.82 Å². The first-order valence-electron chi connectivity index (χ1n) is 19.6. The molecule has 1 fully saturated rings. The molecular formula is C38H57N8O8P. The van der Waals surface area contributed by atoms with E-state index in [0.717, 1.165) is 19.3 Å². The summed E-state index contributed by atoms with van der Waals surface area (Å²) in [4.78, 5) is 22.5. The average molecular weight is 785 g/mol. The molecule has 4 N–H and O–H groups in total. The zero-order valence-corrected chi connectivity index (χ0v) is 32.9. The third-order valence-electron chi connectivity index (χ3n) is 9.66. The van der Waals surface area contributed by atoms with Crippen LogP contribution in [0.3, 0.4) is 0 Å². The number of nitrogens with two attached hydrogens (primary N) is 1. The number of aliphatic hydroxyl groups excluding tert-OH is 1. The maximum Gasteiger partial charge on any atom is 0.472 e. The van der Waals surface area contributed by atoms with Gasteiger partial charge in [-0.05, 0) is 18.6 Å². The molecule has 16 nitrogen and oxygen atoms in total. The van der Waals surface area contributed by atoms with Crippen LogP contribution in [0.5, 0.6) is 5.88 Å². The summed E-state index contributed by atoms with van der Waals surface area (Å²) in [6.07, 6.45) is 20.7. The smallest absolute Gasteiger partial charge is 0.468 e. The summed E-state index contributed by atoms with van der Waals surface area (Å²) in [6.45, 7) is 1.78. The van der Waals surface area contributed by atoms with E-state index in [-0.39, 0.29) is 30.4 Å². The summed E-state index contributed by atoms with van der Waals surface area (Å²) in [5.41, 5.74) is 5.17. The maximum atomic E-state index is 12.9. The zero-order chi connectivity index (χ0) is 39.4. The van der Waals surface area contributed by atoms with Crippen molar-refractivity contribution in [3.05, 3.63) is 42.2 Å². The van der Waals surface area contributed by atoms with E-state index in [1.807, 2.05) is 6.07 Å². The van der Waals surface area contributed by atoms with E-state index in [4.69, 9.17) is 34.3 Å². The lowest BCUT2D eigenvalue weighted by Crippen LogP contribution is -2.30. The largest absolute Gasteiger partial charge is 0.472 e. The van der Waals surface area contributed by atoms with Gasteiger partial charge in [-0.3, -0.25) is 9.05 Å². The fraction of sp³-hybridized carbons (Fsp3) is 0.684. The number of fused-ring (bicyclic) bond motifs is 1. The second-order valence-electron chi connectivity index (χ2n) is 14.1. The molecule has 0 radical (unpaired) electrons. The molecule has 0 aliphatic carbocycles. The monoisotopic (exact) mass is 784 g/mol.